The number of para-hydroxylation sites is 1. The van der Waals surface area contributed by atoms with Gasteiger partial charge in [0.05, 0.1) is 6.20 Å². The lowest BCUT2D eigenvalue weighted by Gasteiger charge is -2.17. The number of hydrogen-bond acceptors (Lipinski definition) is 3. The molecule has 5 aromatic rings. The molecule has 0 fully saturated rings. The van der Waals surface area contributed by atoms with Gasteiger partial charge in [0.15, 0.2) is 0 Å². The normalized spacial score (nSPS) is 12.2. The minimum Gasteiger partial charge on any atom is -0.351 e. The summed E-state index contributed by atoms with van der Waals surface area (Å²) in [6.07, 6.45) is 3.26. The van der Waals surface area contributed by atoms with Crippen molar-refractivity contribution in [3.63, 3.8) is 0 Å². The lowest BCUT2D eigenvalue weighted by molar-refractivity contribution is -0.122. The molecule has 2 heterocycles. The van der Waals surface area contributed by atoms with Crippen molar-refractivity contribution in [2.24, 2.45) is 0 Å². The fourth-order valence-electron chi connectivity index (χ4n) is 5.02. The molecule has 0 bridgehead atoms. The molecule has 6 nitrogen and oxygen atoms in total. The molecule has 0 saturated carbocycles. The van der Waals surface area contributed by atoms with Crippen LogP contribution < -0.4 is 10.9 Å². The van der Waals surface area contributed by atoms with Gasteiger partial charge in [-0.25, -0.2) is 4.68 Å². The van der Waals surface area contributed by atoms with Gasteiger partial charge in [0.25, 0.3) is 5.56 Å². The lowest BCUT2D eigenvalue weighted by atomic mass is 10.0. The zero-order valence-corrected chi connectivity index (χ0v) is 21.6. The van der Waals surface area contributed by atoms with Crippen molar-refractivity contribution in [3.05, 3.63) is 112 Å². The fourth-order valence-corrected chi connectivity index (χ4v) is 5.02. The molecule has 0 aliphatic carbocycles. The van der Waals surface area contributed by atoms with E-state index in [1.54, 1.807) is 6.20 Å². The third kappa shape index (κ3) is 5.05. The Balaban J connectivity index is 1.48. The summed E-state index contributed by atoms with van der Waals surface area (Å²) in [4.78, 5) is 26.7. The maximum Gasteiger partial charge on any atom is 0.291 e. The van der Waals surface area contributed by atoms with Crippen LogP contribution >= 0.6 is 0 Å². The van der Waals surface area contributed by atoms with E-state index in [2.05, 4.69) is 66.1 Å². The topological polar surface area (TPSA) is 68.9 Å². The van der Waals surface area contributed by atoms with E-state index in [-0.39, 0.29) is 24.1 Å². The third-order valence-electron chi connectivity index (χ3n) is 7.08. The Hall–Kier alpha value is -4.19. The van der Waals surface area contributed by atoms with Crippen LogP contribution in [0.5, 0.6) is 0 Å². The van der Waals surface area contributed by atoms with Crippen LogP contribution in [-0.4, -0.2) is 26.3 Å². The summed E-state index contributed by atoms with van der Waals surface area (Å²) in [6, 6.07) is 24.5. The second kappa shape index (κ2) is 10.4. The fraction of sp³-hybridized carbons (Fsp3) is 0.258. The first kappa shape index (κ1) is 24.5. The summed E-state index contributed by atoms with van der Waals surface area (Å²) in [5.41, 5.74) is 5.98. The Bertz CT molecular complexity index is 1630. The average Bonchev–Trinajstić information content (AvgIpc) is 3.22. The van der Waals surface area contributed by atoms with Crippen LogP contribution in [0.15, 0.2) is 83.8 Å². The number of aryl methyl sites for hydroxylation is 2. The van der Waals surface area contributed by atoms with Gasteiger partial charge in [-0.15, -0.1) is 0 Å². The Morgan fingerprint density at radius 1 is 0.973 bits per heavy atom. The highest BCUT2D eigenvalue weighted by Gasteiger charge is 2.19. The molecule has 1 N–H and O–H groups in total. The molecule has 0 unspecified atom stereocenters. The average molecular weight is 493 g/mol. The van der Waals surface area contributed by atoms with Crippen LogP contribution in [-0.2, 0) is 24.3 Å². The van der Waals surface area contributed by atoms with Crippen molar-refractivity contribution in [3.8, 4) is 0 Å². The van der Waals surface area contributed by atoms with Gasteiger partial charge in [0.1, 0.15) is 12.1 Å². The van der Waals surface area contributed by atoms with Crippen LogP contribution in [0.1, 0.15) is 35.6 Å². The maximum absolute atomic E-state index is 13.7. The molecule has 1 atom stereocenters. The molecule has 0 aliphatic rings. The summed E-state index contributed by atoms with van der Waals surface area (Å²) in [7, 11) is 0. The molecule has 37 heavy (non-hydrogen) atoms. The first-order chi connectivity index (χ1) is 17.9. The lowest BCUT2D eigenvalue weighted by Crippen LogP contribution is -2.40. The van der Waals surface area contributed by atoms with Gasteiger partial charge >= 0.3 is 0 Å². The van der Waals surface area contributed by atoms with Crippen molar-refractivity contribution < 1.29 is 4.79 Å². The number of aromatic nitrogens is 3. The van der Waals surface area contributed by atoms with Gasteiger partial charge in [0.2, 0.25) is 5.91 Å². The van der Waals surface area contributed by atoms with Crippen LogP contribution in [0.2, 0.25) is 0 Å². The second-order valence-electron chi connectivity index (χ2n) is 9.77. The van der Waals surface area contributed by atoms with Crippen LogP contribution in [0.25, 0.3) is 21.8 Å². The van der Waals surface area contributed by atoms with Crippen LogP contribution in [0.4, 0.5) is 0 Å². The summed E-state index contributed by atoms with van der Waals surface area (Å²) >= 11 is 0. The van der Waals surface area contributed by atoms with Crippen LogP contribution in [0.3, 0.4) is 0 Å². The SMILES string of the molecule is CC[C@@H](Cc1ccccc1)NC(=O)Cn1ncc2c3ccccc3n(Cc3cc(C)ccc3C)c2c1=O. The summed E-state index contributed by atoms with van der Waals surface area (Å²) in [5, 5.41) is 9.27. The third-order valence-corrected chi connectivity index (χ3v) is 7.08. The smallest absolute Gasteiger partial charge is 0.291 e. The molecule has 0 aliphatic heterocycles. The summed E-state index contributed by atoms with van der Waals surface area (Å²) in [6.45, 7) is 6.66. The maximum atomic E-state index is 13.7. The molecule has 0 saturated heterocycles. The largest absolute Gasteiger partial charge is 0.351 e. The second-order valence-corrected chi connectivity index (χ2v) is 9.77. The number of rotatable bonds is 8. The monoisotopic (exact) mass is 492 g/mol. The van der Waals surface area contributed by atoms with Crippen molar-refractivity contribution >= 4 is 27.7 Å². The minimum absolute atomic E-state index is 0.00919. The molecular formula is C31H32N4O2. The predicted molar refractivity (Wildman–Crippen MR) is 149 cm³/mol. The Morgan fingerprint density at radius 3 is 2.51 bits per heavy atom. The van der Waals surface area contributed by atoms with Gasteiger partial charge in [-0.2, -0.15) is 5.10 Å². The summed E-state index contributed by atoms with van der Waals surface area (Å²) in [5.74, 6) is -0.214. The standard InChI is InChI=1S/C31H32N4O2/c1-4-25(17-23-10-6-5-7-11-23)33-29(36)20-35-31(37)30-27(18-32-35)26-12-8-9-13-28(26)34(30)19-24-16-21(2)14-15-22(24)3/h5-16,18,25H,4,17,19-20H2,1-3H3,(H,33,36)/t25-/m0/s1. The molecule has 6 heteroatoms. The van der Waals surface area contributed by atoms with Crippen molar-refractivity contribution in [1.82, 2.24) is 19.7 Å². The van der Waals surface area contributed by atoms with E-state index in [0.717, 1.165) is 34.7 Å². The highest BCUT2D eigenvalue weighted by Crippen LogP contribution is 2.28. The number of benzene rings is 3. The minimum atomic E-state index is -0.259. The quantitative estimate of drug-likeness (QED) is 0.326. The van der Waals surface area contributed by atoms with Gasteiger partial charge in [0, 0.05) is 28.9 Å². The highest BCUT2D eigenvalue weighted by atomic mass is 16.2. The van der Waals surface area contributed by atoms with E-state index >= 15 is 0 Å². The first-order valence-electron chi connectivity index (χ1n) is 12.8. The molecule has 188 valence electrons. The molecule has 2 aromatic heterocycles. The van der Waals surface area contributed by atoms with E-state index in [4.69, 9.17) is 0 Å². The Labute approximate surface area is 216 Å². The van der Waals surface area contributed by atoms with E-state index in [1.165, 1.54) is 21.4 Å². The van der Waals surface area contributed by atoms with E-state index in [1.807, 2.05) is 42.5 Å². The molecule has 3 aromatic carbocycles. The molecule has 1 amide bonds. The zero-order chi connectivity index (χ0) is 25.9. The number of hydrogen-bond donors (Lipinski definition) is 1. The first-order valence-corrected chi connectivity index (χ1v) is 12.8. The highest BCUT2D eigenvalue weighted by molar-refractivity contribution is 6.07. The summed E-state index contributed by atoms with van der Waals surface area (Å²) < 4.78 is 3.35. The van der Waals surface area contributed by atoms with Gasteiger partial charge in [-0.05, 0) is 49.4 Å². The molecule has 5 rings (SSSR count). The Morgan fingerprint density at radius 2 is 1.73 bits per heavy atom. The number of nitrogens with zero attached hydrogens (tertiary/aromatic N) is 3. The molecule has 0 radical (unpaired) electrons. The van der Waals surface area contributed by atoms with Gasteiger partial charge in [-0.3, -0.25) is 9.59 Å². The van der Waals surface area contributed by atoms with Crippen molar-refractivity contribution in [2.45, 2.75) is 52.7 Å². The predicted octanol–water partition coefficient (Wildman–Crippen LogP) is 5.15. The number of fused-ring (bicyclic) bond motifs is 3. The van der Waals surface area contributed by atoms with Gasteiger partial charge < -0.3 is 9.88 Å². The number of amides is 1. The van der Waals surface area contributed by atoms with Gasteiger partial charge in [-0.1, -0.05) is 79.2 Å². The Kier molecular flexibility index (Phi) is 6.91. The van der Waals surface area contributed by atoms with E-state index < -0.39 is 0 Å². The number of nitrogens with one attached hydrogen (secondary N) is 1. The van der Waals surface area contributed by atoms with E-state index in [0.29, 0.717) is 12.1 Å². The molecule has 0 spiro atoms. The van der Waals surface area contributed by atoms with Crippen molar-refractivity contribution in [2.75, 3.05) is 0 Å². The van der Waals surface area contributed by atoms with E-state index in [9.17, 15) is 9.59 Å². The number of carbonyl (C=O) groups is 1. The molecular weight excluding hydrogens is 460 g/mol. The van der Waals surface area contributed by atoms with Crippen LogP contribution in [0, 0.1) is 13.8 Å². The zero-order valence-electron chi connectivity index (χ0n) is 21.6. The van der Waals surface area contributed by atoms with Crippen molar-refractivity contribution in [1.29, 1.82) is 0 Å². The number of carbonyl (C=O) groups excluding carboxylic acids is 1.